The molecule has 0 bridgehead atoms. The van der Waals surface area contributed by atoms with Gasteiger partial charge in [-0.15, -0.1) is 0 Å². The van der Waals surface area contributed by atoms with E-state index in [9.17, 15) is 57.2 Å². The van der Waals surface area contributed by atoms with Gasteiger partial charge in [0.1, 0.15) is 17.1 Å². The number of pyridine rings is 1. The first-order valence-electron chi connectivity index (χ1n) is 36.4. The molecule has 35 heteroatoms. The van der Waals surface area contributed by atoms with Gasteiger partial charge in [0.25, 0.3) is 10.0 Å². The zero-order valence-electron chi connectivity index (χ0n) is 62.4. The second-order valence-corrected chi connectivity index (χ2v) is 34.8. The Morgan fingerprint density at radius 3 is 1.94 bits per heavy atom. The van der Waals surface area contributed by atoms with Crippen LogP contribution in [0.2, 0.25) is 0 Å². The molecule has 7 aromatic rings. The first kappa shape index (κ1) is 86.3. The minimum absolute atomic E-state index is 0.0426. The number of aromatic nitrogens is 1. The number of rotatable bonds is 43. The van der Waals surface area contributed by atoms with E-state index < -0.39 is 126 Å². The number of nitrogens with two attached hydrogens (primary N) is 1. The molecule has 0 saturated carbocycles. The van der Waals surface area contributed by atoms with Gasteiger partial charge in [-0.2, -0.15) is 13.2 Å². The Labute approximate surface area is 651 Å². The molecule has 10 rings (SSSR count). The maximum Gasteiger partial charge on any atom is 0.472 e. The Hall–Kier alpha value is -8.06. The second-order valence-electron chi connectivity index (χ2n) is 26.6. The van der Waals surface area contributed by atoms with Crippen LogP contribution >= 0.6 is 31.0 Å². The number of ether oxygens (including phenoxy) is 3. The number of nitrogens with one attached hydrogen (secondary N) is 1. The summed E-state index contributed by atoms with van der Waals surface area (Å²) in [6, 6.07) is 48.3. The largest absolute Gasteiger partial charge is 0.497 e. The highest BCUT2D eigenvalue weighted by molar-refractivity contribution is 7.93. The van der Waals surface area contributed by atoms with E-state index in [4.69, 9.17) is 51.6 Å². The number of hydrogen-bond acceptors (Lipinski definition) is 20. The molecular weight excluding hydrogens is 1540 g/mol. The summed E-state index contributed by atoms with van der Waals surface area (Å²) in [7, 11) is -20.8. The summed E-state index contributed by atoms with van der Waals surface area (Å²) in [4.78, 5) is 99.8. The first-order valence-corrected chi connectivity index (χ1v) is 43.9. The standard InChI is InChI=1S/C77H94N8O22P4S/c1-5-83-47-15-13-27-71(83)80-108(90,91)102-51-59-30-32-60(33-31-59)52-103-109(92,81-73-70-26-16-22-62-23-17-48-84(74(62)70)76(87)75(73)85(88)89)105-55-66(79-72(86)45-34-58-19-8-6-9-20-58)56-107-111(94,95)106-54-61(21-12-14-46-78)53-104-110(93,82-112(96,97)69-43-28-57(2)29-44-69)101-50-18-49-100-77(63-24-10-7-11-25-63,64-35-39-67(98-3)40-36-64)65-37-41-68(99-4)42-38-65/h6-11,13,15-16,19-20,22,24-33,35-44,47,61-62,66,74H,5,12,14,17-18,21,23,34,45-46,48-56,78H2,1-4H3,(H5-,79,86,90,91,92,93,94,95)/p+1. The van der Waals surface area contributed by atoms with Crippen molar-refractivity contribution in [1.82, 2.24) is 10.2 Å². The molecule has 600 valence electrons. The number of phosphoric ester groups is 1. The van der Waals surface area contributed by atoms with Gasteiger partial charge in [-0.3, -0.25) is 47.6 Å². The summed E-state index contributed by atoms with van der Waals surface area (Å²) >= 11 is 0. The second kappa shape index (κ2) is 40.3. The lowest BCUT2D eigenvalue weighted by atomic mass is 9.78. The summed E-state index contributed by atoms with van der Waals surface area (Å²) in [5.74, 6) is -1.23. The number of hydrogen-bond donors (Lipinski definition) is 7. The topological polar surface area (TPSA) is 404 Å². The Morgan fingerprint density at radius 2 is 1.30 bits per heavy atom. The fourth-order valence-electron chi connectivity index (χ4n) is 12.8. The number of allylic oxidation sites excluding steroid dienone is 2. The minimum atomic E-state index is -5.24. The van der Waals surface area contributed by atoms with Gasteiger partial charge in [-0.05, 0) is 135 Å². The van der Waals surface area contributed by atoms with Crippen molar-refractivity contribution in [3.63, 3.8) is 0 Å². The van der Waals surface area contributed by atoms with Crippen molar-refractivity contribution >= 4 is 58.7 Å². The van der Waals surface area contributed by atoms with Crippen LogP contribution in [0.25, 0.3) is 0 Å². The van der Waals surface area contributed by atoms with Gasteiger partial charge < -0.3 is 58.4 Å². The number of phosphoric acid groups is 1. The van der Waals surface area contributed by atoms with Gasteiger partial charge >= 0.3 is 48.5 Å². The zero-order chi connectivity index (χ0) is 79.9. The fraction of sp³-hybridized carbons (Fsp3) is 0.364. The van der Waals surface area contributed by atoms with Crippen molar-refractivity contribution in [2.45, 2.75) is 108 Å². The third-order valence-corrected chi connectivity index (χ3v) is 25.5. The third kappa shape index (κ3) is 23.8. The van der Waals surface area contributed by atoms with Gasteiger partial charge in [-0.1, -0.05) is 162 Å². The Kier molecular flexibility index (Phi) is 31.1. The first-order chi connectivity index (χ1) is 53.8. The maximum absolute atomic E-state index is 14.3. The highest BCUT2D eigenvalue weighted by Crippen LogP contribution is 2.55. The average Bonchev–Trinajstić information content (AvgIpc) is 0.743. The van der Waals surface area contributed by atoms with Crippen molar-refractivity contribution in [2.75, 3.05) is 67.0 Å². The molecule has 1 aliphatic carbocycles. The van der Waals surface area contributed by atoms with Gasteiger partial charge in [0.05, 0.1) is 102 Å². The summed E-state index contributed by atoms with van der Waals surface area (Å²) < 4.78 is 116. The van der Waals surface area contributed by atoms with Gasteiger partial charge in [0.15, 0.2) is 5.70 Å². The van der Waals surface area contributed by atoms with E-state index in [2.05, 4.69) is 19.0 Å². The van der Waals surface area contributed by atoms with Crippen LogP contribution in [0, 0.1) is 28.9 Å². The van der Waals surface area contributed by atoms with Crippen molar-refractivity contribution in [2.24, 2.45) is 31.2 Å². The molecular formula is C77H95N8O22P4S+. The number of piperidine rings is 1. The van der Waals surface area contributed by atoms with E-state index in [1.54, 1.807) is 111 Å². The molecule has 1 fully saturated rings. The van der Waals surface area contributed by atoms with Crippen molar-refractivity contribution < 1.29 is 102 Å². The average molecular weight is 1640 g/mol. The summed E-state index contributed by atoms with van der Waals surface area (Å²) in [5, 5.41) is 15.8. The van der Waals surface area contributed by atoms with Crippen LogP contribution in [0.4, 0.5) is 5.82 Å². The molecule has 0 spiro atoms. The van der Waals surface area contributed by atoms with E-state index >= 15 is 0 Å². The molecule has 0 radical (unpaired) electrons. The molecule has 30 nitrogen and oxygen atoms in total. The van der Waals surface area contributed by atoms with E-state index in [0.29, 0.717) is 54.9 Å². The molecule has 3 aliphatic rings. The summed E-state index contributed by atoms with van der Waals surface area (Å²) in [5.41, 5.74) is 8.06. The minimum Gasteiger partial charge on any atom is -0.497 e. The lowest BCUT2D eigenvalue weighted by molar-refractivity contribution is -0.680. The van der Waals surface area contributed by atoms with Crippen molar-refractivity contribution in [1.29, 1.82) is 0 Å². The van der Waals surface area contributed by atoms with E-state index in [1.807, 2.05) is 110 Å². The van der Waals surface area contributed by atoms with Crippen LogP contribution in [-0.2, 0) is 92.4 Å². The molecule has 8 N–H and O–H groups in total. The lowest BCUT2D eigenvalue weighted by Gasteiger charge is -2.44. The van der Waals surface area contributed by atoms with Gasteiger partial charge in [-0.25, -0.2) is 9.13 Å². The number of carbonyl (C=O) groups excluding carboxylic acids is 2. The monoisotopic (exact) mass is 1640 g/mol. The molecule has 1 saturated heterocycles. The van der Waals surface area contributed by atoms with Gasteiger partial charge in [0, 0.05) is 41.2 Å². The van der Waals surface area contributed by atoms with Crippen LogP contribution in [0.1, 0.15) is 90.8 Å². The number of carbonyl (C=O) groups is 2. The number of benzene rings is 6. The number of unbranched alkanes of at least 4 members (excludes halogenated alkanes) is 1. The summed E-state index contributed by atoms with van der Waals surface area (Å²) in [6.07, 6.45) is 9.24. The van der Waals surface area contributed by atoms with E-state index in [1.165, 1.54) is 17.0 Å². The predicted octanol–water partition coefficient (Wildman–Crippen LogP) is 12.9. The number of methoxy groups -OCH3 is 2. The summed E-state index contributed by atoms with van der Waals surface area (Å²) in [6.45, 7) is 0.531. The number of nitro groups is 1. The number of aryl methyl sites for hydroxylation is 3. The highest BCUT2D eigenvalue weighted by Gasteiger charge is 2.50. The maximum atomic E-state index is 14.3. The molecule has 7 unspecified atom stereocenters. The van der Waals surface area contributed by atoms with Crippen molar-refractivity contribution in [3.8, 4) is 11.5 Å². The van der Waals surface area contributed by atoms with Gasteiger partial charge in [0.2, 0.25) is 5.91 Å². The molecule has 1 aromatic heterocycles. The Morgan fingerprint density at radius 1 is 0.705 bits per heavy atom. The lowest BCUT2D eigenvalue weighted by Crippen LogP contribution is -2.53. The third-order valence-electron chi connectivity index (χ3n) is 18.6. The number of amides is 2. The van der Waals surface area contributed by atoms with Crippen LogP contribution in [-0.4, -0.2) is 134 Å². The fourth-order valence-corrected chi connectivity index (χ4v) is 19.0. The zero-order valence-corrected chi connectivity index (χ0v) is 66.8. The molecule has 112 heavy (non-hydrogen) atoms. The molecule has 2 aliphatic heterocycles. The normalized spacial score (nSPS) is 17.2. The van der Waals surface area contributed by atoms with E-state index in [-0.39, 0.29) is 80.8 Å². The van der Waals surface area contributed by atoms with Crippen LogP contribution in [0.5, 0.6) is 11.5 Å². The number of sulfonamides is 1. The Bertz CT molecular complexity index is 4740. The molecule has 3 heterocycles. The van der Waals surface area contributed by atoms with Crippen LogP contribution in [0.3, 0.4) is 0 Å². The SMILES string of the molecule is CC[n+]1ccccc1N=P(O)(O)OCc1ccc(COP(O)(=NC2=C([N+](=O)[O-])C(=O)N3CCCC4C=CC=C2C43)OCC(COP(=O)(O)OCC(CCCCN)COP(O)(=NS(=O)(=O)c2ccc(C)cc2)OCCCOC(c2ccccc2)(c2ccc(OC)cc2)c2ccc(OC)cc2)NC(=O)CCc2ccccc2)cc1. The predicted molar refractivity (Wildman–Crippen MR) is 418 cm³/mol. The smallest absolute Gasteiger partial charge is 0.472 e. The molecule has 6 aromatic carbocycles. The highest BCUT2D eigenvalue weighted by atomic mass is 32.2. The van der Waals surface area contributed by atoms with Crippen LogP contribution < -0.4 is 25.1 Å². The molecule has 7 atom stereocenters. The molecule has 2 amide bonds. The Balaban J connectivity index is 0.886. The quantitative estimate of drug-likeness (QED) is 0.00466. The van der Waals surface area contributed by atoms with Crippen molar-refractivity contribution in [3.05, 3.63) is 266 Å². The van der Waals surface area contributed by atoms with E-state index in [0.717, 1.165) is 27.8 Å². The number of nitrogens with zero attached hydrogens (tertiary/aromatic N) is 6. The van der Waals surface area contributed by atoms with Crippen LogP contribution in [0.15, 0.2) is 236 Å².